The lowest BCUT2D eigenvalue weighted by Gasteiger charge is -2.09. The first kappa shape index (κ1) is 18.9. The van der Waals surface area contributed by atoms with Crippen molar-refractivity contribution in [1.82, 2.24) is 10.6 Å². The number of nitrogens with one attached hydrogen (secondary N) is 3. The molecule has 0 unspecified atom stereocenters. The van der Waals surface area contributed by atoms with E-state index in [-0.39, 0.29) is 17.5 Å². The molecule has 0 atom stereocenters. The van der Waals surface area contributed by atoms with E-state index in [1.807, 2.05) is 0 Å². The minimum absolute atomic E-state index is 0.0332. The molecule has 3 N–H and O–H groups in total. The Balaban J connectivity index is 1.74. The van der Waals surface area contributed by atoms with E-state index in [4.69, 9.17) is 0 Å². The third-order valence-electron chi connectivity index (χ3n) is 3.58. The van der Waals surface area contributed by atoms with Gasteiger partial charge in [0.2, 0.25) is 5.91 Å². The van der Waals surface area contributed by atoms with Gasteiger partial charge in [0.15, 0.2) is 0 Å². The third kappa shape index (κ3) is 5.90. The Kier molecular flexibility index (Phi) is 6.67. The third-order valence-corrected chi connectivity index (χ3v) is 3.58. The van der Waals surface area contributed by atoms with Crippen molar-refractivity contribution in [2.45, 2.75) is 13.5 Å². The first-order valence-corrected chi connectivity index (χ1v) is 8.05. The number of anilines is 1. The summed E-state index contributed by atoms with van der Waals surface area (Å²) < 4.78 is 0. The molecule has 0 aliphatic carbocycles. The Morgan fingerprint density at radius 1 is 0.962 bits per heavy atom. The number of benzene rings is 2. The van der Waals surface area contributed by atoms with Gasteiger partial charge in [0.05, 0.1) is 4.92 Å². The van der Waals surface area contributed by atoms with Crippen molar-refractivity contribution in [2.75, 3.05) is 18.4 Å². The van der Waals surface area contributed by atoms with Crippen LogP contribution in [0.1, 0.15) is 22.8 Å². The lowest BCUT2D eigenvalue weighted by atomic mass is 10.1. The highest BCUT2D eigenvalue weighted by atomic mass is 16.6. The van der Waals surface area contributed by atoms with E-state index in [1.54, 1.807) is 36.4 Å². The molecule has 26 heavy (non-hydrogen) atoms. The Labute approximate surface area is 150 Å². The van der Waals surface area contributed by atoms with Crippen molar-refractivity contribution in [3.05, 3.63) is 69.8 Å². The zero-order valence-corrected chi connectivity index (χ0v) is 14.3. The zero-order chi connectivity index (χ0) is 18.9. The average Bonchev–Trinajstić information content (AvgIpc) is 2.64. The van der Waals surface area contributed by atoms with Crippen LogP contribution in [0.25, 0.3) is 0 Å². The Bertz CT molecular complexity index is 773. The van der Waals surface area contributed by atoms with Crippen LogP contribution in [0, 0.1) is 10.1 Å². The molecular formula is C18H20N4O4. The summed E-state index contributed by atoms with van der Waals surface area (Å²) in [5, 5.41) is 19.1. The highest BCUT2D eigenvalue weighted by molar-refractivity contribution is 5.94. The van der Waals surface area contributed by atoms with Crippen molar-refractivity contribution >= 4 is 23.2 Å². The number of carbonyl (C=O) groups is 2. The molecule has 0 saturated carbocycles. The molecule has 2 aromatic carbocycles. The van der Waals surface area contributed by atoms with Crippen molar-refractivity contribution in [1.29, 1.82) is 0 Å². The minimum Gasteiger partial charge on any atom is -0.383 e. The van der Waals surface area contributed by atoms with Crippen LogP contribution >= 0.6 is 0 Å². The van der Waals surface area contributed by atoms with Gasteiger partial charge in [0.25, 0.3) is 11.6 Å². The lowest BCUT2D eigenvalue weighted by molar-refractivity contribution is -0.384. The molecule has 0 aromatic heterocycles. The summed E-state index contributed by atoms with van der Waals surface area (Å²) in [6.45, 7) is 2.77. The fourth-order valence-electron chi connectivity index (χ4n) is 2.19. The molecule has 0 bridgehead atoms. The molecule has 0 aliphatic heterocycles. The first-order chi connectivity index (χ1) is 12.5. The predicted molar refractivity (Wildman–Crippen MR) is 97.9 cm³/mol. The molecule has 0 saturated heterocycles. The van der Waals surface area contributed by atoms with E-state index in [2.05, 4.69) is 16.0 Å². The van der Waals surface area contributed by atoms with Crippen LogP contribution in [0.15, 0.2) is 48.5 Å². The molecule has 8 nitrogen and oxygen atoms in total. The van der Waals surface area contributed by atoms with Crippen LogP contribution in [-0.4, -0.2) is 29.8 Å². The summed E-state index contributed by atoms with van der Waals surface area (Å²) in [4.78, 5) is 33.1. The maximum absolute atomic E-state index is 12.1. The van der Waals surface area contributed by atoms with Gasteiger partial charge in [0.1, 0.15) is 0 Å². The van der Waals surface area contributed by atoms with Gasteiger partial charge in [-0.05, 0) is 29.8 Å². The largest absolute Gasteiger partial charge is 0.383 e. The second-order valence-corrected chi connectivity index (χ2v) is 5.59. The monoisotopic (exact) mass is 356 g/mol. The first-order valence-electron chi connectivity index (χ1n) is 8.05. The van der Waals surface area contributed by atoms with Crippen molar-refractivity contribution in [3.8, 4) is 0 Å². The maximum Gasteiger partial charge on any atom is 0.269 e. The second-order valence-electron chi connectivity index (χ2n) is 5.59. The molecular weight excluding hydrogens is 336 g/mol. The van der Waals surface area contributed by atoms with Crippen LogP contribution in [0.4, 0.5) is 11.4 Å². The summed E-state index contributed by atoms with van der Waals surface area (Å²) in [5.41, 5.74) is 2.22. The van der Waals surface area contributed by atoms with Crippen molar-refractivity contribution in [3.63, 3.8) is 0 Å². The average molecular weight is 356 g/mol. The van der Waals surface area contributed by atoms with Gasteiger partial charge < -0.3 is 16.0 Å². The number of carbonyl (C=O) groups excluding carboxylic acids is 2. The van der Waals surface area contributed by atoms with Gasteiger partial charge in [-0.25, -0.2) is 0 Å². The molecule has 136 valence electrons. The van der Waals surface area contributed by atoms with Crippen LogP contribution in [0.5, 0.6) is 0 Å². The summed E-state index contributed by atoms with van der Waals surface area (Å²) >= 11 is 0. The lowest BCUT2D eigenvalue weighted by Crippen LogP contribution is -2.28. The number of non-ortho nitro benzene ring substituents is 1. The smallest absolute Gasteiger partial charge is 0.269 e. The molecule has 0 aliphatic rings. The fraction of sp³-hybridized carbons (Fsp3) is 0.222. The van der Waals surface area contributed by atoms with E-state index in [0.717, 1.165) is 11.3 Å². The van der Waals surface area contributed by atoms with Gasteiger partial charge in [0, 0.05) is 49.9 Å². The second kappa shape index (κ2) is 9.16. The Morgan fingerprint density at radius 3 is 2.19 bits per heavy atom. The van der Waals surface area contributed by atoms with Gasteiger partial charge in [-0.3, -0.25) is 19.7 Å². The summed E-state index contributed by atoms with van der Waals surface area (Å²) in [5.74, 6) is -0.297. The number of hydrogen-bond donors (Lipinski definition) is 3. The zero-order valence-electron chi connectivity index (χ0n) is 14.3. The number of nitro groups is 1. The molecule has 2 amide bonds. The number of amides is 2. The van der Waals surface area contributed by atoms with Crippen LogP contribution in [0.3, 0.4) is 0 Å². The van der Waals surface area contributed by atoms with E-state index in [0.29, 0.717) is 25.2 Å². The maximum atomic E-state index is 12.1. The normalized spacial score (nSPS) is 10.0. The molecule has 0 spiro atoms. The van der Waals surface area contributed by atoms with E-state index < -0.39 is 4.92 Å². The Morgan fingerprint density at radius 2 is 1.62 bits per heavy atom. The molecule has 2 aromatic rings. The van der Waals surface area contributed by atoms with Gasteiger partial charge in [-0.1, -0.05) is 12.1 Å². The Hall–Kier alpha value is -3.42. The van der Waals surface area contributed by atoms with Crippen molar-refractivity contribution < 1.29 is 14.5 Å². The summed E-state index contributed by atoms with van der Waals surface area (Å²) in [6, 6.07) is 13.1. The minimum atomic E-state index is -0.453. The summed E-state index contributed by atoms with van der Waals surface area (Å²) in [6.07, 6.45) is 0. The van der Waals surface area contributed by atoms with Crippen LogP contribution in [-0.2, 0) is 11.3 Å². The highest BCUT2D eigenvalue weighted by Crippen LogP contribution is 2.14. The van der Waals surface area contributed by atoms with Gasteiger partial charge in [-0.15, -0.1) is 0 Å². The van der Waals surface area contributed by atoms with Gasteiger partial charge >= 0.3 is 0 Å². The number of nitro benzene ring substituents is 1. The van der Waals surface area contributed by atoms with E-state index in [1.165, 1.54) is 19.1 Å². The highest BCUT2D eigenvalue weighted by Gasteiger charge is 2.06. The standard InChI is InChI=1S/C18H20N4O4/c1-13(23)21-12-14-2-4-15(5-3-14)18(24)20-11-10-19-16-6-8-17(9-7-16)22(25)26/h2-9,19H,10-12H2,1H3,(H,20,24)(H,21,23). The van der Waals surface area contributed by atoms with E-state index >= 15 is 0 Å². The van der Waals surface area contributed by atoms with Gasteiger partial charge in [-0.2, -0.15) is 0 Å². The van der Waals surface area contributed by atoms with Crippen LogP contribution in [0.2, 0.25) is 0 Å². The molecule has 0 fully saturated rings. The SMILES string of the molecule is CC(=O)NCc1ccc(C(=O)NCCNc2ccc([N+](=O)[O-])cc2)cc1. The molecule has 2 rings (SSSR count). The molecule has 0 radical (unpaired) electrons. The van der Waals surface area contributed by atoms with Crippen molar-refractivity contribution in [2.24, 2.45) is 0 Å². The fourth-order valence-corrected chi connectivity index (χ4v) is 2.19. The number of hydrogen-bond acceptors (Lipinski definition) is 5. The number of rotatable bonds is 8. The predicted octanol–water partition coefficient (Wildman–Crippen LogP) is 2.07. The number of nitrogens with zero attached hydrogens (tertiary/aromatic N) is 1. The quantitative estimate of drug-likeness (QED) is 0.381. The summed E-state index contributed by atoms with van der Waals surface area (Å²) in [7, 11) is 0. The van der Waals surface area contributed by atoms with Crippen LogP contribution < -0.4 is 16.0 Å². The molecule has 0 heterocycles. The van der Waals surface area contributed by atoms with E-state index in [9.17, 15) is 19.7 Å². The topological polar surface area (TPSA) is 113 Å². The molecule has 8 heteroatoms.